The highest BCUT2D eigenvalue weighted by Crippen LogP contribution is 2.21. The molecular formula is C17H18ClF2NO3. The van der Waals surface area contributed by atoms with Gasteiger partial charge in [-0.25, -0.2) is 13.6 Å². The van der Waals surface area contributed by atoms with Gasteiger partial charge in [0.2, 0.25) is 0 Å². The lowest BCUT2D eigenvalue weighted by Gasteiger charge is -2.21. The first kappa shape index (κ1) is 20.0. The average molecular weight is 358 g/mol. The van der Waals surface area contributed by atoms with E-state index < -0.39 is 29.6 Å². The van der Waals surface area contributed by atoms with Crippen molar-refractivity contribution in [2.45, 2.75) is 12.0 Å². The van der Waals surface area contributed by atoms with Crippen molar-refractivity contribution < 1.29 is 23.4 Å². The van der Waals surface area contributed by atoms with Crippen LogP contribution in [0.4, 0.5) is 8.78 Å². The number of esters is 1. The van der Waals surface area contributed by atoms with E-state index in [9.17, 15) is 18.7 Å². The summed E-state index contributed by atoms with van der Waals surface area (Å²) >= 11 is 0. The third-order valence-corrected chi connectivity index (χ3v) is 3.48. The first-order chi connectivity index (χ1) is 11.0. The maximum absolute atomic E-state index is 13.3. The second-order valence-corrected chi connectivity index (χ2v) is 5.05. The molecule has 0 spiro atoms. The van der Waals surface area contributed by atoms with Crippen LogP contribution in [0.3, 0.4) is 0 Å². The van der Waals surface area contributed by atoms with E-state index in [1.54, 1.807) is 30.3 Å². The molecule has 0 fully saturated rings. The van der Waals surface area contributed by atoms with Crippen LogP contribution in [0.25, 0.3) is 0 Å². The van der Waals surface area contributed by atoms with E-state index in [-0.39, 0.29) is 25.6 Å². The highest BCUT2D eigenvalue weighted by molar-refractivity contribution is 5.89. The summed E-state index contributed by atoms with van der Waals surface area (Å²) in [5, 5.41) is 10.1. The van der Waals surface area contributed by atoms with Crippen LogP contribution in [0.5, 0.6) is 0 Å². The van der Waals surface area contributed by atoms with E-state index in [1.165, 1.54) is 6.07 Å². The van der Waals surface area contributed by atoms with Crippen LogP contribution in [0.1, 0.15) is 21.8 Å². The van der Waals surface area contributed by atoms with Gasteiger partial charge in [-0.05, 0) is 29.8 Å². The Kier molecular flexibility index (Phi) is 7.78. The molecule has 0 amide bonds. The van der Waals surface area contributed by atoms with Crippen molar-refractivity contribution in [2.75, 3.05) is 13.2 Å². The molecule has 0 aliphatic carbocycles. The molecule has 0 aromatic heterocycles. The fourth-order valence-corrected chi connectivity index (χ4v) is 2.19. The third-order valence-electron chi connectivity index (χ3n) is 3.48. The number of carbonyl (C=O) groups excluding carboxylic acids is 1. The molecule has 130 valence electrons. The number of ether oxygens (including phenoxy) is 1. The zero-order chi connectivity index (χ0) is 16.8. The smallest absolute Gasteiger partial charge is 0.338 e. The van der Waals surface area contributed by atoms with Gasteiger partial charge >= 0.3 is 5.97 Å². The first-order valence-corrected chi connectivity index (χ1v) is 7.08. The van der Waals surface area contributed by atoms with Gasteiger partial charge in [-0.15, -0.1) is 12.4 Å². The number of hydrogen-bond donors (Lipinski definition) is 2. The van der Waals surface area contributed by atoms with Crippen molar-refractivity contribution in [3.05, 3.63) is 71.3 Å². The number of halogens is 3. The van der Waals surface area contributed by atoms with Crippen LogP contribution in [0, 0.1) is 11.6 Å². The number of carbonyl (C=O) groups is 1. The molecule has 0 radical (unpaired) electrons. The monoisotopic (exact) mass is 357 g/mol. The van der Waals surface area contributed by atoms with Gasteiger partial charge in [-0.2, -0.15) is 0 Å². The Bertz CT molecular complexity index is 670. The topological polar surface area (TPSA) is 72.6 Å². The van der Waals surface area contributed by atoms with Gasteiger partial charge in [0, 0.05) is 12.5 Å². The summed E-state index contributed by atoms with van der Waals surface area (Å²) in [6.07, 6.45) is -1.13. The summed E-state index contributed by atoms with van der Waals surface area (Å²) in [7, 11) is 0. The van der Waals surface area contributed by atoms with Crippen molar-refractivity contribution in [1.82, 2.24) is 0 Å². The molecule has 0 heterocycles. The molecule has 24 heavy (non-hydrogen) atoms. The maximum atomic E-state index is 13.3. The minimum Gasteiger partial charge on any atom is -0.459 e. The van der Waals surface area contributed by atoms with Crippen LogP contribution in [-0.2, 0) is 4.74 Å². The van der Waals surface area contributed by atoms with Crippen LogP contribution >= 0.6 is 12.4 Å². The van der Waals surface area contributed by atoms with Crippen LogP contribution < -0.4 is 5.73 Å². The van der Waals surface area contributed by atoms with Gasteiger partial charge in [0.25, 0.3) is 0 Å². The Labute approximate surface area is 144 Å². The van der Waals surface area contributed by atoms with Gasteiger partial charge in [-0.1, -0.05) is 24.3 Å². The van der Waals surface area contributed by atoms with Crippen molar-refractivity contribution >= 4 is 18.4 Å². The SMILES string of the molecule is Cl.NCC(c1ccc(F)c(F)c1)C(O)COC(=O)c1ccccc1. The maximum Gasteiger partial charge on any atom is 0.338 e. The number of aliphatic hydroxyl groups excluding tert-OH is 1. The largest absolute Gasteiger partial charge is 0.459 e. The predicted octanol–water partition coefficient (Wildman–Crippen LogP) is 2.65. The van der Waals surface area contributed by atoms with Gasteiger partial charge < -0.3 is 15.6 Å². The van der Waals surface area contributed by atoms with Crippen molar-refractivity contribution in [1.29, 1.82) is 0 Å². The molecule has 0 aliphatic heterocycles. The molecule has 4 nitrogen and oxygen atoms in total. The molecule has 7 heteroatoms. The standard InChI is InChI=1S/C17H17F2NO3.ClH/c18-14-7-6-12(8-15(14)19)13(9-20)16(21)10-23-17(22)11-4-2-1-3-5-11;/h1-8,13,16,21H,9-10,20H2;1H. The molecule has 2 aromatic carbocycles. The lowest BCUT2D eigenvalue weighted by Crippen LogP contribution is -2.31. The highest BCUT2D eigenvalue weighted by Gasteiger charge is 2.23. The van der Waals surface area contributed by atoms with E-state index in [4.69, 9.17) is 10.5 Å². The van der Waals surface area contributed by atoms with Gasteiger partial charge in [0.05, 0.1) is 11.7 Å². The number of hydrogen-bond acceptors (Lipinski definition) is 4. The zero-order valence-electron chi connectivity index (χ0n) is 12.7. The van der Waals surface area contributed by atoms with Crippen molar-refractivity contribution in [2.24, 2.45) is 5.73 Å². The van der Waals surface area contributed by atoms with E-state index in [2.05, 4.69) is 0 Å². The van der Waals surface area contributed by atoms with E-state index in [0.29, 0.717) is 11.1 Å². The zero-order valence-corrected chi connectivity index (χ0v) is 13.5. The summed E-state index contributed by atoms with van der Waals surface area (Å²) in [5.41, 5.74) is 6.30. The molecule has 2 unspecified atom stereocenters. The number of aliphatic hydroxyl groups is 1. The molecule has 0 saturated carbocycles. The Balaban J connectivity index is 0.00000288. The Morgan fingerprint density at radius 3 is 2.38 bits per heavy atom. The minimum absolute atomic E-state index is 0. The van der Waals surface area contributed by atoms with Crippen LogP contribution in [0.2, 0.25) is 0 Å². The molecule has 2 rings (SSSR count). The minimum atomic E-state index is -1.13. The third kappa shape index (κ3) is 4.99. The van der Waals surface area contributed by atoms with Crippen LogP contribution in [-0.4, -0.2) is 30.3 Å². The summed E-state index contributed by atoms with van der Waals surface area (Å²) in [6.45, 7) is -0.302. The van der Waals surface area contributed by atoms with E-state index in [0.717, 1.165) is 12.1 Å². The molecule has 3 N–H and O–H groups in total. The van der Waals surface area contributed by atoms with Gasteiger partial charge in [0.15, 0.2) is 11.6 Å². The normalized spacial score (nSPS) is 12.8. The Hall–Kier alpha value is -2.02. The second-order valence-electron chi connectivity index (χ2n) is 5.05. The van der Waals surface area contributed by atoms with E-state index >= 15 is 0 Å². The van der Waals surface area contributed by atoms with Crippen LogP contribution in [0.15, 0.2) is 48.5 Å². The second kappa shape index (κ2) is 9.32. The average Bonchev–Trinajstić information content (AvgIpc) is 2.57. The number of benzene rings is 2. The summed E-state index contributed by atoms with van der Waals surface area (Å²) in [5.74, 6) is -3.25. The lowest BCUT2D eigenvalue weighted by molar-refractivity contribution is 0.0194. The van der Waals surface area contributed by atoms with Crippen molar-refractivity contribution in [3.63, 3.8) is 0 Å². The molecular weight excluding hydrogens is 340 g/mol. The first-order valence-electron chi connectivity index (χ1n) is 7.08. The van der Waals surface area contributed by atoms with Crippen molar-refractivity contribution in [3.8, 4) is 0 Å². The fraction of sp³-hybridized carbons (Fsp3) is 0.235. The van der Waals surface area contributed by atoms with E-state index in [1.807, 2.05) is 0 Å². The summed E-state index contributed by atoms with van der Waals surface area (Å²) in [6, 6.07) is 11.6. The molecule has 0 aliphatic rings. The molecule has 0 saturated heterocycles. The quantitative estimate of drug-likeness (QED) is 0.780. The fourth-order valence-electron chi connectivity index (χ4n) is 2.19. The Morgan fingerprint density at radius 2 is 1.79 bits per heavy atom. The summed E-state index contributed by atoms with van der Waals surface area (Å²) in [4.78, 5) is 11.8. The Morgan fingerprint density at radius 1 is 1.12 bits per heavy atom. The molecule has 2 atom stereocenters. The molecule has 2 aromatic rings. The predicted molar refractivity (Wildman–Crippen MR) is 88.1 cm³/mol. The van der Waals surface area contributed by atoms with Gasteiger partial charge in [0.1, 0.15) is 6.61 Å². The number of rotatable bonds is 6. The number of nitrogens with two attached hydrogens (primary N) is 1. The molecule has 0 bridgehead atoms. The highest BCUT2D eigenvalue weighted by atomic mass is 35.5. The van der Waals surface area contributed by atoms with Gasteiger partial charge in [-0.3, -0.25) is 0 Å². The lowest BCUT2D eigenvalue weighted by atomic mass is 9.93. The summed E-state index contributed by atoms with van der Waals surface area (Å²) < 4.78 is 31.3.